The van der Waals surface area contributed by atoms with E-state index in [0.29, 0.717) is 0 Å². The van der Waals surface area contributed by atoms with E-state index in [1.165, 1.54) is 6.07 Å². The molecule has 27 heavy (non-hydrogen) atoms. The quantitative estimate of drug-likeness (QED) is 0.525. The third kappa shape index (κ3) is 3.87. The van der Waals surface area contributed by atoms with Crippen molar-refractivity contribution in [2.75, 3.05) is 12.4 Å². The first-order valence-electron chi connectivity index (χ1n) is 8.21. The lowest BCUT2D eigenvalue weighted by atomic mass is 9.97. The SMILES string of the molecule is COc1ccc2cc(C(C)C(=O)Nc3ccc(F)c([N+](=O)[O-])c3)ccc2c1. The van der Waals surface area contributed by atoms with Crippen LogP contribution in [0.5, 0.6) is 5.75 Å². The normalized spacial score (nSPS) is 11.8. The Kier molecular flexibility index (Phi) is 5.03. The van der Waals surface area contributed by atoms with Crippen molar-refractivity contribution in [1.29, 1.82) is 0 Å². The number of fused-ring (bicyclic) bond motifs is 1. The van der Waals surface area contributed by atoms with E-state index in [1.807, 2.05) is 36.4 Å². The second kappa shape index (κ2) is 7.41. The lowest BCUT2D eigenvalue weighted by molar-refractivity contribution is -0.387. The molecule has 1 unspecified atom stereocenters. The standard InChI is InChI=1S/C20H17FN2O4/c1-12(13-3-4-15-10-17(27-2)7-5-14(15)9-13)20(24)22-16-6-8-18(21)19(11-16)23(25)26/h3-12H,1-2H3,(H,22,24). The van der Waals surface area contributed by atoms with Gasteiger partial charge in [-0.3, -0.25) is 14.9 Å². The minimum absolute atomic E-state index is 0.172. The Morgan fingerprint density at radius 1 is 1.11 bits per heavy atom. The van der Waals surface area contributed by atoms with Crippen LogP contribution in [0.4, 0.5) is 15.8 Å². The Bertz CT molecular complexity index is 1040. The molecule has 1 atom stereocenters. The van der Waals surface area contributed by atoms with Crippen LogP contribution in [-0.2, 0) is 4.79 Å². The number of ether oxygens (including phenoxy) is 1. The van der Waals surface area contributed by atoms with Gasteiger partial charge in [-0.15, -0.1) is 0 Å². The molecule has 0 bridgehead atoms. The summed E-state index contributed by atoms with van der Waals surface area (Å²) in [7, 11) is 1.60. The summed E-state index contributed by atoms with van der Waals surface area (Å²) in [6.45, 7) is 1.73. The van der Waals surface area contributed by atoms with Crippen molar-refractivity contribution in [3.8, 4) is 5.75 Å². The van der Waals surface area contributed by atoms with Crippen LogP contribution in [0.15, 0.2) is 54.6 Å². The van der Waals surface area contributed by atoms with E-state index in [9.17, 15) is 19.3 Å². The number of benzene rings is 3. The summed E-state index contributed by atoms with van der Waals surface area (Å²) < 4.78 is 18.6. The average molecular weight is 368 g/mol. The predicted octanol–water partition coefficient (Wildman–Crippen LogP) is 4.64. The molecule has 3 aromatic rings. The average Bonchev–Trinajstić information content (AvgIpc) is 2.67. The number of rotatable bonds is 5. The zero-order valence-electron chi connectivity index (χ0n) is 14.7. The van der Waals surface area contributed by atoms with E-state index in [4.69, 9.17) is 4.74 Å². The highest BCUT2D eigenvalue weighted by atomic mass is 19.1. The van der Waals surface area contributed by atoms with Crippen LogP contribution in [0, 0.1) is 15.9 Å². The fourth-order valence-electron chi connectivity index (χ4n) is 2.77. The number of nitrogens with zero attached hydrogens (tertiary/aromatic N) is 1. The number of anilines is 1. The van der Waals surface area contributed by atoms with Gasteiger partial charge in [0.05, 0.1) is 18.0 Å². The molecule has 0 aliphatic heterocycles. The first-order chi connectivity index (χ1) is 12.9. The molecule has 3 rings (SSSR count). The van der Waals surface area contributed by atoms with E-state index in [1.54, 1.807) is 14.0 Å². The number of nitro benzene ring substituents is 1. The molecule has 6 nitrogen and oxygen atoms in total. The number of carbonyl (C=O) groups excluding carboxylic acids is 1. The number of hydrogen-bond acceptors (Lipinski definition) is 4. The molecule has 7 heteroatoms. The lowest BCUT2D eigenvalue weighted by Crippen LogP contribution is -2.19. The van der Waals surface area contributed by atoms with Crippen molar-refractivity contribution >= 4 is 28.1 Å². The van der Waals surface area contributed by atoms with Crippen LogP contribution in [0.2, 0.25) is 0 Å². The summed E-state index contributed by atoms with van der Waals surface area (Å²) in [6, 6.07) is 14.6. The van der Waals surface area contributed by atoms with Crippen LogP contribution in [0.3, 0.4) is 0 Å². The van der Waals surface area contributed by atoms with Crippen molar-refractivity contribution in [1.82, 2.24) is 0 Å². The summed E-state index contributed by atoms with van der Waals surface area (Å²) in [6.07, 6.45) is 0. The molecule has 0 aliphatic rings. The maximum atomic E-state index is 13.4. The van der Waals surface area contributed by atoms with Crippen molar-refractivity contribution < 1.29 is 18.8 Å². The zero-order chi connectivity index (χ0) is 19.6. The van der Waals surface area contributed by atoms with Crippen molar-refractivity contribution in [2.45, 2.75) is 12.8 Å². The van der Waals surface area contributed by atoms with Gasteiger partial charge in [0.2, 0.25) is 11.7 Å². The predicted molar refractivity (Wildman–Crippen MR) is 101 cm³/mol. The Morgan fingerprint density at radius 2 is 1.81 bits per heavy atom. The zero-order valence-corrected chi connectivity index (χ0v) is 14.7. The second-order valence-electron chi connectivity index (χ2n) is 6.11. The molecule has 3 aromatic carbocycles. The molecular formula is C20H17FN2O4. The summed E-state index contributed by atoms with van der Waals surface area (Å²) in [4.78, 5) is 22.5. The first-order valence-corrected chi connectivity index (χ1v) is 8.21. The molecule has 0 aliphatic carbocycles. The highest BCUT2D eigenvalue weighted by molar-refractivity contribution is 5.96. The summed E-state index contributed by atoms with van der Waals surface area (Å²) >= 11 is 0. The van der Waals surface area contributed by atoms with Crippen molar-refractivity contribution in [3.63, 3.8) is 0 Å². The third-order valence-electron chi connectivity index (χ3n) is 4.38. The highest BCUT2D eigenvalue weighted by Crippen LogP contribution is 2.27. The first kappa shape index (κ1) is 18.3. The number of methoxy groups -OCH3 is 1. The second-order valence-corrected chi connectivity index (χ2v) is 6.11. The molecule has 0 heterocycles. The van der Waals surface area contributed by atoms with Crippen molar-refractivity contribution in [3.05, 3.63) is 76.1 Å². The monoisotopic (exact) mass is 368 g/mol. The lowest BCUT2D eigenvalue weighted by Gasteiger charge is -2.14. The Morgan fingerprint density at radius 3 is 2.52 bits per heavy atom. The molecule has 138 valence electrons. The Hall–Kier alpha value is -3.48. The largest absolute Gasteiger partial charge is 0.497 e. The van der Waals surface area contributed by atoms with Gasteiger partial charge < -0.3 is 10.1 Å². The summed E-state index contributed by atoms with van der Waals surface area (Å²) in [5.74, 6) is -1.04. The summed E-state index contributed by atoms with van der Waals surface area (Å²) in [5, 5.41) is 15.4. The van der Waals surface area contributed by atoms with Gasteiger partial charge in [0.1, 0.15) is 5.75 Å². The van der Waals surface area contributed by atoms with Gasteiger partial charge in [-0.05, 0) is 47.5 Å². The van der Waals surface area contributed by atoms with Crippen LogP contribution >= 0.6 is 0 Å². The van der Waals surface area contributed by atoms with Crippen molar-refractivity contribution in [2.24, 2.45) is 0 Å². The Labute approximate surface area is 154 Å². The van der Waals surface area contributed by atoms with Gasteiger partial charge in [0.15, 0.2) is 0 Å². The fourth-order valence-corrected chi connectivity index (χ4v) is 2.77. The number of amides is 1. The third-order valence-corrected chi connectivity index (χ3v) is 4.38. The van der Waals surface area contributed by atoms with Gasteiger partial charge >= 0.3 is 5.69 Å². The number of halogens is 1. The molecule has 0 saturated carbocycles. The van der Waals surface area contributed by atoms with E-state index in [2.05, 4.69) is 5.32 Å². The minimum atomic E-state index is -0.948. The van der Waals surface area contributed by atoms with Crippen LogP contribution in [-0.4, -0.2) is 17.9 Å². The van der Waals surface area contributed by atoms with E-state index in [0.717, 1.165) is 34.2 Å². The number of hydrogen-bond donors (Lipinski definition) is 1. The maximum Gasteiger partial charge on any atom is 0.306 e. The molecule has 0 radical (unpaired) electrons. The maximum absolute atomic E-state index is 13.4. The number of carbonyl (C=O) groups is 1. The number of nitrogens with one attached hydrogen (secondary N) is 1. The van der Waals surface area contributed by atoms with E-state index < -0.39 is 22.3 Å². The minimum Gasteiger partial charge on any atom is -0.497 e. The topological polar surface area (TPSA) is 81.5 Å². The van der Waals surface area contributed by atoms with Gasteiger partial charge in [-0.2, -0.15) is 4.39 Å². The molecule has 1 N–H and O–H groups in total. The molecule has 0 aromatic heterocycles. The van der Waals surface area contributed by atoms with Crippen LogP contribution < -0.4 is 10.1 Å². The van der Waals surface area contributed by atoms with E-state index in [-0.39, 0.29) is 11.6 Å². The fraction of sp³-hybridized carbons (Fsp3) is 0.150. The van der Waals surface area contributed by atoms with E-state index >= 15 is 0 Å². The van der Waals surface area contributed by atoms with Crippen LogP contribution in [0.25, 0.3) is 10.8 Å². The molecule has 0 fully saturated rings. The molecule has 0 saturated heterocycles. The van der Waals surface area contributed by atoms with Gasteiger partial charge in [0, 0.05) is 11.8 Å². The van der Waals surface area contributed by atoms with Gasteiger partial charge in [-0.25, -0.2) is 0 Å². The number of nitro groups is 1. The van der Waals surface area contributed by atoms with Gasteiger partial charge in [0.25, 0.3) is 0 Å². The Balaban J connectivity index is 1.82. The summed E-state index contributed by atoms with van der Waals surface area (Å²) in [5.41, 5.74) is 0.285. The van der Waals surface area contributed by atoms with Gasteiger partial charge in [-0.1, -0.05) is 24.3 Å². The molecule has 0 spiro atoms. The highest BCUT2D eigenvalue weighted by Gasteiger charge is 2.19. The smallest absolute Gasteiger partial charge is 0.306 e. The molecule has 1 amide bonds. The molecular weight excluding hydrogens is 351 g/mol. The van der Waals surface area contributed by atoms with Crippen LogP contribution in [0.1, 0.15) is 18.4 Å².